The van der Waals surface area contributed by atoms with Crippen molar-refractivity contribution in [2.75, 3.05) is 25.0 Å². The van der Waals surface area contributed by atoms with Crippen LogP contribution in [0.4, 0.5) is 5.95 Å². The summed E-state index contributed by atoms with van der Waals surface area (Å²) in [5.74, 6) is 1.70. The third-order valence-electron chi connectivity index (χ3n) is 3.22. The number of nitrogens with zero attached hydrogens (tertiary/aromatic N) is 3. The number of ether oxygens (including phenoxy) is 2. The first-order valence-electron chi connectivity index (χ1n) is 6.98. The summed E-state index contributed by atoms with van der Waals surface area (Å²) in [6.45, 7) is 1.20. The van der Waals surface area contributed by atoms with Crippen LogP contribution in [0, 0.1) is 0 Å². The molecule has 2 N–H and O–H groups in total. The van der Waals surface area contributed by atoms with Crippen molar-refractivity contribution >= 4 is 11.9 Å². The second-order valence-electron chi connectivity index (χ2n) is 4.79. The number of amides is 1. The number of hydrogen-bond acceptors (Lipinski definition) is 6. The van der Waals surface area contributed by atoms with Gasteiger partial charge in [-0.3, -0.25) is 4.79 Å². The highest BCUT2D eigenvalue weighted by atomic mass is 16.6. The van der Waals surface area contributed by atoms with Crippen molar-refractivity contribution in [3.63, 3.8) is 0 Å². The molecule has 8 nitrogen and oxygen atoms in total. The average molecular weight is 303 g/mol. The maximum atomic E-state index is 12.1. The van der Waals surface area contributed by atoms with Gasteiger partial charge in [-0.05, 0) is 12.1 Å². The minimum absolute atomic E-state index is 0.200. The van der Waals surface area contributed by atoms with E-state index in [0.717, 1.165) is 0 Å². The van der Waals surface area contributed by atoms with Crippen molar-refractivity contribution in [2.45, 2.75) is 6.10 Å². The van der Waals surface area contributed by atoms with Gasteiger partial charge in [0.1, 0.15) is 12.9 Å². The van der Waals surface area contributed by atoms with Gasteiger partial charge < -0.3 is 20.1 Å². The van der Waals surface area contributed by atoms with E-state index >= 15 is 0 Å². The summed E-state index contributed by atoms with van der Waals surface area (Å²) in [6.07, 6.45) is 0.829. The van der Waals surface area contributed by atoms with Crippen molar-refractivity contribution in [3.05, 3.63) is 30.6 Å². The van der Waals surface area contributed by atoms with Crippen LogP contribution in [-0.4, -0.2) is 46.5 Å². The molecule has 0 aliphatic carbocycles. The molecule has 1 aromatic heterocycles. The fourth-order valence-corrected chi connectivity index (χ4v) is 2.08. The predicted octanol–water partition coefficient (Wildman–Crippen LogP) is 0.183. The zero-order valence-corrected chi connectivity index (χ0v) is 12.2. The molecule has 0 saturated carbocycles. The number of hydrogen-bond donors (Lipinski definition) is 2. The number of aryl methyl sites for hydroxylation is 1. The summed E-state index contributed by atoms with van der Waals surface area (Å²) in [7, 11) is 1.79. The first-order chi connectivity index (χ1) is 10.7. The number of aromatic nitrogens is 3. The van der Waals surface area contributed by atoms with E-state index in [9.17, 15) is 4.79 Å². The van der Waals surface area contributed by atoms with Crippen LogP contribution in [0.5, 0.6) is 11.5 Å². The van der Waals surface area contributed by atoms with Crippen molar-refractivity contribution in [1.82, 2.24) is 20.1 Å². The van der Waals surface area contributed by atoms with Crippen LogP contribution >= 0.6 is 0 Å². The van der Waals surface area contributed by atoms with Gasteiger partial charge in [0.15, 0.2) is 11.5 Å². The molecule has 1 aliphatic heterocycles. The third kappa shape index (κ3) is 3.11. The molecular formula is C14H17N5O3. The Hall–Kier alpha value is -2.77. The SMILES string of the molecule is Cn1ncnc1NCCNC(=O)C1COc2ccccc2O1. The Morgan fingerprint density at radius 2 is 2.18 bits per heavy atom. The number of benzene rings is 1. The van der Waals surface area contributed by atoms with Gasteiger partial charge >= 0.3 is 0 Å². The highest BCUT2D eigenvalue weighted by Crippen LogP contribution is 2.30. The molecule has 2 aromatic rings. The van der Waals surface area contributed by atoms with Gasteiger partial charge in [-0.2, -0.15) is 10.1 Å². The number of rotatable bonds is 5. The summed E-state index contributed by atoms with van der Waals surface area (Å²) < 4.78 is 12.8. The highest BCUT2D eigenvalue weighted by molar-refractivity contribution is 5.81. The van der Waals surface area contributed by atoms with Crippen LogP contribution in [0.3, 0.4) is 0 Å². The molecule has 8 heteroatoms. The van der Waals surface area contributed by atoms with Crippen LogP contribution in [-0.2, 0) is 11.8 Å². The lowest BCUT2D eigenvalue weighted by atomic mass is 10.2. The predicted molar refractivity (Wildman–Crippen MR) is 78.9 cm³/mol. The Kier molecular flexibility index (Phi) is 4.08. The molecule has 0 saturated heterocycles. The molecule has 116 valence electrons. The van der Waals surface area contributed by atoms with Gasteiger partial charge in [-0.25, -0.2) is 4.68 Å². The molecule has 1 aromatic carbocycles. The normalized spacial score (nSPS) is 16.1. The van der Waals surface area contributed by atoms with E-state index in [0.29, 0.717) is 30.5 Å². The molecule has 0 bridgehead atoms. The highest BCUT2D eigenvalue weighted by Gasteiger charge is 2.26. The van der Waals surface area contributed by atoms with Crippen LogP contribution < -0.4 is 20.1 Å². The van der Waals surface area contributed by atoms with Crippen LogP contribution in [0.25, 0.3) is 0 Å². The molecule has 1 amide bonds. The lowest BCUT2D eigenvalue weighted by Gasteiger charge is -2.25. The zero-order valence-electron chi connectivity index (χ0n) is 12.2. The van der Waals surface area contributed by atoms with E-state index < -0.39 is 6.10 Å². The van der Waals surface area contributed by atoms with Gasteiger partial charge in [0.25, 0.3) is 5.91 Å². The maximum Gasteiger partial charge on any atom is 0.264 e. The zero-order chi connectivity index (χ0) is 15.4. The van der Waals surface area contributed by atoms with Gasteiger partial charge in [0.2, 0.25) is 12.1 Å². The first kappa shape index (κ1) is 14.2. The molecule has 0 spiro atoms. The summed E-state index contributed by atoms with van der Waals surface area (Å²) in [6, 6.07) is 7.30. The number of carbonyl (C=O) groups is 1. The molecule has 1 unspecified atom stereocenters. The molecule has 3 rings (SSSR count). The number of nitrogens with one attached hydrogen (secondary N) is 2. The fourth-order valence-electron chi connectivity index (χ4n) is 2.08. The largest absolute Gasteiger partial charge is 0.485 e. The number of carbonyl (C=O) groups excluding carboxylic acids is 1. The van der Waals surface area contributed by atoms with Crippen LogP contribution in [0.15, 0.2) is 30.6 Å². The molecular weight excluding hydrogens is 286 g/mol. The maximum absolute atomic E-state index is 12.1. The molecule has 0 radical (unpaired) electrons. The van der Waals surface area contributed by atoms with Crippen molar-refractivity contribution in [3.8, 4) is 11.5 Å². The Bertz CT molecular complexity index is 657. The van der Waals surface area contributed by atoms with Crippen molar-refractivity contribution in [1.29, 1.82) is 0 Å². The standard InChI is InChI=1S/C14H17N5O3/c1-19-14(17-9-18-19)16-7-6-15-13(20)12-8-21-10-4-2-3-5-11(10)22-12/h2-5,9,12H,6-8H2,1H3,(H,15,20)(H,16,17,18). The van der Waals surface area contributed by atoms with Crippen molar-refractivity contribution in [2.24, 2.45) is 7.05 Å². The summed E-state index contributed by atoms with van der Waals surface area (Å²) >= 11 is 0. The molecule has 22 heavy (non-hydrogen) atoms. The van der Waals surface area contributed by atoms with Crippen molar-refractivity contribution < 1.29 is 14.3 Å². The first-order valence-corrected chi connectivity index (χ1v) is 6.98. The Labute approximate surface area is 127 Å². The molecule has 0 fully saturated rings. The van der Waals surface area contributed by atoms with E-state index in [1.807, 2.05) is 18.2 Å². The minimum Gasteiger partial charge on any atom is -0.485 e. The van der Waals surface area contributed by atoms with Gasteiger partial charge in [-0.15, -0.1) is 0 Å². The lowest BCUT2D eigenvalue weighted by Crippen LogP contribution is -2.45. The summed E-state index contributed by atoms with van der Waals surface area (Å²) in [5, 5.41) is 9.82. The fraction of sp³-hybridized carbons (Fsp3) is 0.357. The average Bonchev–Trinajstić information content (AvgIpc) is 2.96. The third-order valence-corrected chi connectivity index (χ3v) is 3.22. The topological polar surface area (TPSA) is 90.3 Å². The van der Waals surface area contributed by atoms with E-state index in [1.54, 1.807) is 17.8 Å². The molecule has 1 atom stereocenters. The molecule has 1 aliphatic rings. The van der Waals surface area contributed by atoms with Gasteiger partial charge in [-0.1, -0.05) is 12.1 Å². The van der Waals surface area contributed by atoms with Gasteiger partial charge in [0, 0.05) is 20.1 Å². The van der Waals surface area contributed by atoms with Gasteiger partial charge in [0.05, 0.1) is 0 Å². The second kappa shape index (κ2) is 6.33. The number of fused-ring (bicyclic) bond motifs is 1. The minimum atomic E-state index is -0.635. The van der Waals surface area contributed by atoms with Crippen LogP contribution in [0.2, 0.25) is 0 Å². The second-order valence-corrected chi connectivity index (χ2v) is 4.79. The quantitative estimate of drug-likeness (QED) is 0.766. The number of anilines is 1. The Balaban J connectivity index is 1.44. The Morgan fingerprint density at radius 3 is 2.95 bits per heavy atom. The van der Waals surface area contributed by atoms with E-state index in [-0.39, 0.29) is 12.5 Å². The van der Waals surface area contributed by atoms with E-state index in [4.69, 9.17) is 9.47 Å². The monoisotopic (exact) mass is 303 g/mol. The molecule has 2 heterocycles. The lowest BCUT2D eigenvalue weighted by molar-refractivity contribution is -0.130. The Morgan fingerprint density at radius 1 is 1.36 bits per heavy atom. The summed E-state index contributed by atoms with van der Waals surface area (Å²) in [4.78, 5) is 16.1. The van der Waals surface area contributed by atoms with E-state index in [2.05, 4.69) is 20.7 Å². The number of para-hydroxylation sites is 2. The van der Waals surface area contributed by atoms with Crippen LogP contribution in [0.1, 0.15) is 0 Å². The summed E-state index contributed by atoms with van der Waals surface area (Å²) in [5.41, 5.74) is 0. The smallest absolute Gasteiger partial charge is 0.264 e. The van der Waals surface area contributed by atoms with E-state index in [1.165, 1.54) is 6.33 Å².